The molecule has 82 valence electrons. The van der Waals surface area contributed by atoms with Gasteiger partial charge in [-0.2, -0.15) is 13.2 Å². The summed E-state index contributed by atoms with van der Waals surface area (Å²) in [5.74, 6) is 0. The first-order chi connectivity index (χ1) is 6.73. The van der Waals surface area contributed by atoms with Crippen molar-refractivity contribution >= 4 is 23.0 Å². The Morgan fingerprint density at radius 1 is 1.40 bits per heavy atom. The van der Waals surface area contributed by atoms with Crippen molar-refractivity contribution in [1.29, 1.82) is 0 Å². The first-order valence-electron chi connectivity index (χ1n) is 3.54. The number of rotatable bonds is 1. The van der Waals surface area contributed by atoms with Crippen molar-refractivity contribution in [2.24, 2.45) is 0 Å². The number of halogens is 4. The van der Waals surface area contributed by atoms with E-state index in [-0.39, 0.29) is 10.7 Å². The number of nitro benzene ring substituents is 1. The fraction of sp³-hybridized carbons (Fsp3) is 0.143. The fourth-order valence-electron chi connectivity index (χ4n) is 0.956. The summed E-state index contributed by atoms with van der Waals surface area (Å²) in [6, 6.07) is 1.03. The molecule has 0 aliphatic heterocycles. The average molecular weight is 241 g/mol. The summed E-state index contributed by atoms with van der Waals surface area (Å²) in [5.41, 5.74) is 2.38. The van der Waals surface area contributed by atoms with Gasteiger partial charge in [-0.05, 0) is 6.07 Å². The third kappa shape index (κ3) is 2.30. The van der Waals surface area contributed by atoms with Gasteiger partial charge < -0.3 is 5.73 Å². The first-order valence-corrected chi connectivity index (χ1v) is 3.92. The van der Waals surface area contributed by atoms with Crippen LogP contribution < -0.4 is 5.73 Å². The van der Waals surface area contributed by atoms with Crippen LogP contribution in [0, 0.1) is 10.1 Å². The number of nitro groups is 1. The van der Waals surface area contributed by atoms with E-state index in [2.05, 4.69) is 0 Å². The second-order valence-electron chi connectivity index (χ2n) is 2.65. The molecule has 0 spiro atoms. The maximum absolute atomic E-state index is 12.3. The zero-order chi connectivity index (χ0) is 11.8. The number of nitrogen functional groups attached to an aromatic ring is 1. The minimum Gasteiger partial charge on any atom is -0.397 e. The van der Waals surface area contributed by atoms with Crippen molar-refractivity contribution in [3.63, 3.8) is 0 Å². The predicted molar refractivity (Wildman–Crippen MR) is 47.5 cm³/mol. The van der Waals surface area contributed by atoms with Crippen molar-refractivity contribution in [3.8, 4) is 0 Å². The molecule has 8 heteroatoms. The molecule has 0 heterocycles. The van der Waals surface area contributed by atoms with Crippen LogP contribution in [0.3, 0.4) is 0 Å². The van der Waals surface area contributed by atoms with Crippen LogP contribution in [-0.4, -0.2) is 4.92 Å². The first kappa shape index (κ1) is 11.6. The van der Waals surface area contributed by atoms with Gasteiger partial charge in [-0.3, -0.25) is 10.1 Å². The summed E-state index contributed by atoms with van der Waals surface area (Å²) < 4.78 is 36.9. The Morgan fingerprint density at radius 2 is 1.93 bits per heavy atom. The highest BCUT2D eigenvalue weighted by Crippen LogP contribution is 2.39. The van der Waals surface area contributed by atoms with Crippen LogP contribution >= 0.6 is 11.6 Å². The second kappa shape index (κ2) is 3.58. The number of hydrogen-bond donors (Lipinski definition) is 1. The van der Waals surface area contributed by atoms with Crippen LogP contribution in [-0.2, 0) is 6.18 Å². The molecule has 0 bridgehead atoms. The second-order valence-corrected chi connectivity index (χ2v) is 3.05. The van der Waals surface area contributed by atoms with E-state index < -0.39 is 22.4 Å². The molecule has 0 atom stereocenters. The van der Waals surface area contributed by atoms with Gasteiger partial charge in [-0.25, -0.2) is 0 Å². The minimum atomic E-state index is -4.83. The highest BCUT2D eigenvalue weighted by molar-refractivity contribution is 6.33. The lowest BCUT2D eigenvalue weighted by Crippen LogP contribution is -2.09. The van der Waals surface area contributed by atoms with Gasteiger partial charge in [0.05, 0.1) is 15.6 Å². The van der Waals surface area contributed by atoms with Gasteiger partial charge in [0.1, 0.15) is 5.56 Å². The van der Waals surface area contributed by atoms with Gasteiger partial charge in [0, 0.05) is 6.07 Å². The Balaban J connectivity index is 3.49. The molecule has 4 nitrogen and oxygen atoms in total. The Morgan fingerprint density at radius 3 is 2.33 bits per heavy atom. The van der Waals surface area contributed by atoms with Crippen molar-refractivity contribution in [2.45, 2.75) is 6.18 Å². The quantitative estimate of drug-likeness (QED) is 0.466. The zero-order valence-corrected chi connectivity index (χ0v) is 7.76. The van der Waals surface area contributed by atoms with Gasteiger partial charge in [-0.15, -0.1) is 0 Å². The molecule has 15 heavy (non-hydrogen) atoms. The molecular weight excluding hydrogens is 237 g/mol. The summed E-state index contributed by atoms with van der Waals surface area (Å²) in [4.78, 5) is 9.18. The molecule has 0 aliphatic rings. The molecule has 0 aliphatic carbocycles. The van der Waals surface area contributed by atoms with E-state index >= 15 is 0 Å². The molecule has 0 saturated heterocycles. The number of benzene rings is 1. The maximum Gasteiger partial charge on any atom is 0.423 e. The molecule has 1 rings (SSSR count). The van der Waals surface area contributed by atoms with Gasteiger partial charge >= 0.3 is 6.18 Å². The average Bonchev–Trinajstić information content (AvgIpc) is 2.06. The van der Waals surface area contributed by atoms with Crippen molar-refractivity contribution < 1.29 is 18.1 Å². The SMILES string of the molecule is Nc1cc([N+](=O)[O-])c(C(F)(F)F)cc1Cl. The van der Waals surface area contributed by atoms with E-state index in [1.165, 1.54) is 0 Å². The Hall–Kier alpha value is -1.50. The molecule has 0 aromatic heterocycles. The Kier molecular flexibility index (Phi) is 2.76. The maximum atomic E-state index is 12.3. The van der Waals surface area contributed by atoms with Gasteiger partial charge in [-0.1, -0.05) is 11.6 Å². The van der Waals surface area contributed by atoms with Gasteiger partial charge in [0.25, 0.3) is 5.69 Å². The van der Waals surface area contributed by atoms with Crippen LogP contribution in [0.2, 0.25) is 5.02 Å². The van der Waals surface area contributed by atoms with E-state index in [0.717, 1.165) is 0 Å². The summed E-state index contributed by atoms with van der Waals surface area (Å²) >= 11 is 5.35. The number of hydrogen-bond acceptors (Lipinski definition) is 3. The van der Waals surface area contributed by atoms with Crippen LogP contribution in [0.5, 0.6) is 0 Å². The lowest BCUT2D eigenvalue weighted by atomic mass is 10.1. The zero-order valence-electron chi connectivity index (χ0n) is 7.01. The highest BCUT2D eigenvalue weighted by Gasteiger charge is 2.38. The molecule has 0 saturated carbocycles. The van der Waals surface area contributed by atoms with Crippen molar-refractivity contribution in [1.82, 2.24) is 0 Å². The molecular formula is C7H4ClF3N2O2. The van der Waals surface area contributed by atoms with Crippen LogP contribution in [0.25, 0.3) is 0 Å². The normalized spacial score (nSPS) is 11.5. The van der Waals surface area contributed by atoms with E-state index in [1.54, 1.807) is 0 Å². The summed E-state index contributed by atoms with van der Waals surface area (Å²) in [6.45, 7) is 0. The van der Waals surface area contributed by atoms with Crippen LogP contribution in [0.4, 0.5) is 24.5 Å². The molecule has 1 aromatic rings. The standard InChI is InChI=1S/C7H4ClF3N2O2/c8-4-1-3(7(9,10)11)6(13(14)15)2-5(4)12/h1-2H,12H2. The molecule has 0 fully saturated rings. The molecule has 0 radical (unpaired) electrons. The van der Waals surface area contributed by atoms with E-state index in [4.69, 9.17) is 17.3 Å². The van der Waals surface area contributed by atoms with Crippen molar-refractivity contribution in [2.75, 3.05) is 5.73 Å². The van der Waals surface area contributed by atoms with E-state index in [9.17, 15) is 23.3 Å². The number of anilines is 1. The Bertz CT molecular complexity index is 419. The van der Waals surface area contributed by atoms with Crippen LogP contribution in [0.1, 0.15) is 5.56 Å². The van der Waals surface area contributed by atoms with E-state index in [1.807, 2.05) is 0 Å². The van der Waals surface area contributed by atoms with Gasteiger partial charge in [0.2, 0.25) is 0 Å². The number of nitrogens with zero attached hydrogens (tertiary/aromatic N) is 1. The monoisotopic (exact) mass is 240 g/mol. The molecule has 0 amide bonds. The third-order valence-corrected chi connectivity index (χ3v) is 1.94. The fourth-order valence-corrected chi connectivity index (χ4v) is 1.12. The molecule has 2 N–H and O–H groups in total. The molecule has 0 unspecified atom stereocenters. The number of alkyl halides is 3. The summed E-state index contributed by atoms with van der Waals surface area (Å²) in [7, 11) is 0. The van der Waals surface area contributed by atoms with Crippen molar-refractivity contribution in [3.05, 3.63) is 32.8 Å². The smallest absolute Gasteiger partial charge is 0.397 e. The van der Waals surface area contributed by atoms with Gasteiger partial charge in [0.15, 0.2) is 0 Å². The summed E-state index contributed by atoms with van der Waals surface area (Å²) in [6.07, 6.45) is -4.83. The predicted octanol–water partition coefficient (Wildman–Crippen LogP) is 2.85. The largest absolute Gasteiger partial charge is 0.423 e. The molecule has 1 aromatic carbocycles. The lowest BCUT2D eigenvalue weighted by molar-refractivity contribution is -0.388. The lowest BCUT2D eigenvalue weighted by Gasteiger charge is -2.08. The minimum absolute atomic E-state index is 0.267. The number of nitrogens with two attached hydrogens (primary N) is 1. The Labute approximate surface area is 86.6 Å². The highest BCUT2D eigenvalue weighted by atomic mass is 35.5. The summed E-state index contributed by atoms with van der Waals surface area (Å²) in [5, 5.41) is 9.97. The van der Waals surface area contributed by atoms with E-state index in [0.29, 0.717) is 12.1 Å². The van der Waals surface area contributed by atoms with Crippen LogP contribution in [0.15, 0.2) is 12.1 Å². The topological polar surface area (TPSA) is 69.2 Å². The third-order valence-electron chi connectivity index (χ3n) is 1.62.